The maximum Gasteiger partial charge on any atom is 0.229 e. The van der Waals surface area contributed by atoms with Crippen LogP contribution in [0.5, 0.6) is 11.5 Å². The van der Waals surface area contributed by atoms with Crippen molar-refractivity contribution in [3.05, 3.63) is 54.6 Å². The lowest BCUT2D eigenvalue weighted by atomic mass is 10.2. The Morgan fingerprint density at radius 2 is 1.77 bits per heavy atom. The summed E-state index contributed by atoms with van der Waals surface area (Å²) >= 11 is 0. The SMILES string of the molecule is Cl.NCCC(=O)NC1CC(=O)N(c2ccc(Oc3ccccc3)cc2)C1. The zero-order chi connectivity index (χ0) is 17.6. The Morgan fingerprint density at radius 3 is 2.42 bits per heavy atom. The molecule has 2 aromatic carbocycles. The zero-order valence-corrected chi connectivity index (χ0v) is 15.1. The molecule has 2 aromatic rings. The molecule has 0 saturated carbocycles. The first-order valence-electron chi connectivity index (χ1n) is 8.28. The fourth-order valence-corrected chi connectivity index (χ4v) is 2.80. The van der Waals surface area contributed by atoms with Gasteiger partial charge >= 0.3 is 0 Å². The third-order valence-electron chi connectivity index (χ3n) is 3.99. The van der Waals surface area contributed by atoms with Crippen molar-refractivity contribution >= 4 is 29.9 Å². The van der Waals surface area contributed by atoms with Crippen LogP contribution in [0, 0.1) is 0 Å². The van der Waals surface area contributed by atoms with Crippen LogP contribution in [0.4, 0.5) is 5.69 Å². The summed E-state index contributed by atoms with van der Waals surface area (Å²) in [7, 11) is 0. The summed E-state index contributed by atoms with van der Waals surface area (Å²) in [6.45, 7) is 0.771. The lowest BCUT2D eigenvalue weighted by Crippen LogP contribution is -2.37. The normalized spacial score (nSPS) is 16.1. The fraction of sp³-hybridized carbons (Fsp3) is 0.263. The molecule has 1 aliphatic heterocycles. The maximum absolute atomic E-state index is 12.2. The van der Waals surface area contributed by atoms with E-state index in [9.17, 15) is 9.59 Å². The van der Waals surface area contributed by atoms with Gasteiger partial charge in [-0.3, -0.25) is 9.59 Å². The summed E-state index contributed by atoms with van der Waals surface area (Å²) in [5.74, 6) is 1.34. The molecular formula is C19H22ClN3O3. The molecule has 0 aromatic heterocycles. The van der Waals surface area contributed by atoms with Gasteiger partial charge in [-0.05, 0) is 36.4 Å². The molecule has 0 radical (unpaired) electrons. The molecule has 1 unspecified atom stereocenters. The number of carbonyl (C=O) groups excluding carboxylic acids is 2. The van der Waals surface area contributed by atoms with Gasteiger partial charge in [0.15, 0.2) is 0 Å². The van der Waals surface area contributed by atoms with E-state index in [1.807, 2.05) is 54.6 Å². The number of rotatable bonds is 6. The Hall–Kier alpha value is -2.57. The monoisotopic (exact) mass is 375 g/mol. The number of ether oxygens (including phenoxy) is 1. The Balaban J connectivity index is 0.00000243. The van der Waals surface area contributed by atoms with E-state index in [0.717, 1.165) is 11.4 Å². The van der Waals surface area contributed by atoms with Gasteiger partial charge in [0.25, 0.3) is 0 Å². The fourth-order valence-electron chi connectivity index (χ4n) is 2.80. The van der Waals surface area contributed by atoms with Crippen LogP contribution in [0.3, 0.4) is 0 Å². The predicted octanol–water partition coefficient (Wildman–Crippen LogP) is 2.47. The Bertz CT molecular complexity index is 737. The Morgan fingerprint density at radius 1 is 1.12 bits per heavy atom. The highest BCUT2D eigenvalue weighted by Gasteiger charge is 2.31. The number of nitrogens with two attached hydrogens (primary N) is 1. The van der Waals surface area contributed by atoms with Gasteiger partial charge < -0.3 is 20.7 Å². The standard InChI is InChI=1S/C19H21N3O3.ClH/c20-11-10-18(23)21-14-12-19(24)22(13-14)15-6-8-17(9-7-15)25-16-4-2-1-3-5-16;/h1-9,14H,10-13,20H2,(H,21,23);1H. The van der Waals surface area contributed by atoms with Gasteiger partial charge in [-0.15, -0.1) is 12.4 Å². The molecule has 1 aliphatic rings. The first-order valence-corrected chi connectivity index (χ1v) is 8.28. The number of hydrogen-bond donors (Lipinski definition) is 2. The summed E-state index contributed by atoms with van der Waals surface area (Å²) in [5.41, 5.74) is 6.16. The highest BCUT2D eigenvalue weighted by Crippen LogP contribution is 2.26. The molecule has 6 nitrogen and oxygen atoms in total. The van der Waals surface area contributed by atoms with Crippen molar-refractivity contribution in [3.63, 3.8) is 0 Å². The Kier molecular flexibility index (Phi) is 7.00. The molecule has 1 atom stereocenters. The molecule has 0 aliphatic carbocycles. The average molecular weight is 376 g/mol. The molecule has 3 N–H and O–H groups in total. The number of nitrogens with one attached hydrogen (secondary N) is 1. The van der Waals surface area contributed by atoms with Crippen molar-refractivity contribution in [2.75, 3.05) is 18.0 Å². The van der Waals surface area contributed by atoms with Gasteiger partial charge in [0.2, 0.25) is 11.8 Å². The first-order chi connectivity index (χ1) is 12.2. The maximum atomic E-state index is 12.2. The van der Waals surface area contributed by atoms with Gasteiger partial charge in [-0.1, -0.05) is 18.2 Å². The number of anilines is 1. The van der Waals surface area contributed by atoms with Crippen molar-refractivity contribution in [1.29, 1.82) is 0 Å². The summed E-state index contributed by atoms with van der Waals surface area (Å²) in [5, 5.41) is 2.85. The van der Waals surface area contributed by atoms with Crippen molar-refractivity contribution in [2.24, 2.45) is 5.73 Å². The van der Waals surface area contributed by atoms with E-state index in [1.54, 1.807) is 4.90 Å². The van der Waals surface area contributed by atoms with Crippen LogP contribution in [0.2, 0.25) is 0 Å². The minimum absolute atomic E-state index is 0. The second-order valence-corrected chi connectivity index (χ2v) is 5.92. The number of hydrogen-bond acceptors (Lipinski definition) is 4. The van der Waals surface area contributed by atoms with E-state index < -0.39 is 0 Å². The summed E-state index contributed by atoms with van der Waals surface area (Å²) in [4.78, 5) is 25.5. The number of halogens is 1. The van der Waals surface area contributed by atoms with Gasteiger partial charge in [-0.2, -0.15) is 0 Å². The molecule has 26 heavy (non-hydrogen) atoms. The zero-order valence-electron chi connectivity index (χ0n) is 14.3. The molecule has 3 rings (SSSR count). The van der Waals surface area contributed by atoms with Crippen molar-refractivity contribution in [1.82, 2.24) is 5.32 Å². The Labute approximate surface area is 158 Å². The van der Waals surface area contributed by atoms with Crippen LogP contribution in [-0.4, -0.2) is 30.9 Å². The number of nitrogens with zero attached hydrogens (tertiary/aromatic N) is 1. The third-order valence-corrected chi connectivity index (χ3v) is 3.99. The van der Waals surface area contributed by atoms with E-state index in [0.29, 0.717) is 25.3 Å². The van der Waals surface area contributed by atoms with Gasteiger partial charge in [0.1, 0.15) is 11.5 Å². The van der Waals surface area contributed by atoms with Crippen LogP contribution in [0.15, 0.2) is 54.6 Å². The van der Waals surface area contributed by atoms with E-state index in [1.165, 1.54) is 0 Å². The van der Waals surface area contributed by atoms with Gasteiger partial charge in [0, 0.05) is 31.6 Å². The van der Waals surface area contributed by atoms with Gasteiger partial charge in [0.05, 0.1) is 6.04 Å². The van der Waals surface area contributed by atoms with Crippen molar-refractivity contribution in [3.8, 4) is 11.5 Å². The van der Waals surface area contributed by atoms with E-state index >= 15 is 0 Å². The van der Waals surface area contributed by atoms with E-state index in [2.05, 4.69) is 5.32 Å². The summed E-state index contributed by atoms with van der Waals surface area (Å²) < 4.78 is 5.75. The number of amides is 2. The molecule has 1 saturated heterocycles. The second-order valence-electron chi connectivity index (χ2n) is 5.92. The quantitative estimate of drug-likeness (QED) is 0.812. The molecule has 7 heteroatoms. The van der Waals surface area contributed by atoms with Crippen LogP contribution in [0.1, 0.15) is 12.8 Å². The average Bonchev–Trinajstić information content (AvgIpc) is 2.97. The van der Waals surface area contributed by atoms with Crippen LogP contribution < -0.4 is 20.7 Å². The first kappa shape index (κ1) is 19.8. The minimum atomic E-state index is -0.174. The summed E-state index contributed by atoms with van der Waals surface area (Å²) in [6.07, 6.45) is 0.578. The molecule has 0 bridgehead atoms. The molecular weight excluding hydrogens is 354 g/mol. The number of para-hydroxylation sites is 1. The van der Waals surface area contributed by atoms with Crippen LogP contribution >= 0.6 is 12.4 Å². The molecule has 1 heterocycles. The predicted molar refractivity (Wildman–Crippen MR) is 103 cm³/mol. The highest BCUT2D eigenvalue weighted by molar-refractivity contribution is 5.96. The highest BCUT2D eigenvalue weighted by atomic mass is 35.5. The third kappa shape index (κ3) is 4.97. The van der Waals surface area contributed by atoms with Crippen LogP contribution in [0.25, 0.3) is 0 Å². The largest absolute Gasteiger partial charge is 0.457 e. The lowest BCUT2D eigenvalue weighted by Gasteiger charge is -2.17. The van der Waals surface area contributed by atoms with Crippen molar-refractivity contribution in [2.45, 2.75) is 18.9 Å². The van der Waals surface area contributed by atoms with E-state index in [4.69, 9.17) is 10.5 Å². The second kappa shape index (κ2) is 9.22. The molecule has 2 amide bonds. The van der Waals surface area contributed by atoms with Gasteiger partial charge in [-0.25, -0.2) is 0 Å². The van der Waals surface area contributed by atoms with E-state index in [-0.39, 0.29) is 36.7 Å². The van der Waals surface area contributed by atoms with Crippen molar-refractivity contribution < 1.29 is 14.3 Å². The molecule has 1 fully saturated rings. The lowest BCUT2D eigenvalue weighted by molar-refractivity contribution is -0.121. The number of benzene rings is 2. The molecule has 138 valence electrons. The minimum Gasteiger partial charge on any atom is -0.457 e. The smallest absolute Gasteiger partial charge is 0.229 e. The van der Waals surface area contributed by atoms with Crippen LogP contribution in [-0.2, 0) is 9.59 Å². The number of carbonyl (C=O) groups is 2. The topological polar surface area (TPSA) is 84.7 Å². The summed E-state index contributed by atoms with van der Waals surface area (Å²) in [6, 6.07) is 16.7. The molecule has 0 spiro atoms.